The van der Waals surface area contributed by atoms with Crippen LogP contribution < -0.4 is 13.9 Å². The van der Waals surface area contributed by atoms with E-state index in [1.165, 1.54) is 7.11 Å². The third-order valence-corrected chi connectivity index (χ3v) is 9.90. The van der Waals surface area contributed by atoms with Gasteiger partial charge in [0.25, 0.3) is 8.32 Å². The summed E-state index contributed by atoms with van der Waals surface area (Å²) >= 11 is 0. The van der Waals surface area contributed by atoms with Gasteiger partial charge in [0.15, 0.2) is 5.75 Å². The normalized spacial score (nSPS) is 12.3. The number of hydrogen-bond acceptors (Lipinski definition) is 6. The van der Waals surface area contributed by atoms with E-state index in [-0.39, 0.29) is 18.3 Å². The second-order valence-corrected chi connectivity index (χ2v) is 13.4. The lowest BCUT2D eigenvalue weighted by Crippen LogP contribution is -2.43. The fourth-order valence-corrected chi connectivity index (χ4v) is 3.71. The Balaban J connectivity index is 2.39. The van der Waals surface area contributed by atoms with Gasteiger partial charge in [0.2, 0.25) is 0 Å². The second-order valence-electron chi connectivity index (χ2n) is 8.63. The number of aliphatic hydroxyl groups is 2. The first-order chi connectivity index (χ1) is 14.1. The summed E-state index contributed by atoms with van der Waals surface area (Å²) in [5.74, 6) is 1.89. The molecule has 0 bridgehead atoms. The third kappa shape index (κ3) is 5.41. The molecular formula is C23H33NO5Si. The predicted octanol–water partition coefficient (Wildman–Crippen LogP) is 4.82. The van der Waals surface area contributed by atoms with Crippen LogP contribution in [0.1, 0.15) is 37.5 Å². The summed E-state index contributed by atoms with van der Waals surface area (Å²) in [4.78, 5) is 4.53. The highest BCUT2D eigenvalue weighted by atomic mass is 28.4. The minimum absolute atomic E-state index is 0.0633. The molecule has 0 aliphatic rings. The first-order valence-corrected chi connectivity index (χ1v) is 12.8. The monoisotopic (exact) mass is 431 g/mol. The van der Waals surface area contributed by atoms with Crippen LogP contribution >= 0.6 is 0 Å². The van der Waals surface area contributed by atoms with Crippen molar-refractivity contribution in [2.75, 3.05) is 14.2 Å². The van der Waals surface area contributed by atoms with Crippen molar-refractivity contribution in [3.05, 3.63) is 47.0 Å². The van der Waals surface area contributed by atoms with Crippen molar-refractivity contribution < 1.29 is 24.1 Å². The minimum atomic E-state index is -2.03. The van der Waals surface area contributed by atoms with Gasteiger partial charge in [-0.1, -0.05) is 20.8 Å². The maximum Gasteiger partial charge on any atom is 0.250 e. The number of ether oxygens (including phenoxy) is 2. The zero-order valence-corrected chi connectivity index (χ0v) is 19.9. The van der Waals surface area contributed by atoms with Crippen LogP contribution in [0.5, 0.6) is 17.2 Å². The number of nitrogens with zero attached hydrogens (tertiary/aromatic N) is 1. The molecule has 0 aromatic heterocycles. The standard InChI is InChI=1S/C23H33NO5Si/c1-23(2,3)30(6,7)29-22-10-16(8-9-20(22)27-4)13-24-18-11-17(14-25)19(15-26)21(12-18)28-5/h8-13,25-26H,14-15H2,1-7H3/b24-13+. The van der Waals surface area contributed by atoms with Crippen molar-refractivity contribution in [2.24, 2.45) is 4.99 Å². The van der Waals surface area contributed by atoms with Gasteiger partial charge in [0, 0.05) is 17.8 Å². The van der Waals surface area contributed by atoms with Gasteiger partial charge in [0.1, 0.15) is 11.5 Å². The Morgan fingerprint density at radius 1 is 0.933 bits per heavy atom. The van der Waals surface area contributed by atoms with E-state index in [4.69, 9.17) is 13.9 Å². The molecule has 0 saturated heterocycles. The fourth-order valence-electron chi connectivity index (χ4n) is 2.69. The van der Waals surface area contributed by atoms with E-state index < -0.39 is 8.32 Å². The Hall–Kier alpha value is -2.35. The molecule has 7 heteroatoms. The maximum absolute atomic E-state index is 9.60. The van der Waals surface area contributed by atoms with Crippen LogP contribution in [0.15, 0.2) is 35.3 Å². The number of rotatable bonds is 8. The Morgan fingerprint density at radius 2 is 1.60 bits per heavy atom. The molecule has 0 amide bonds. The van der Waals surface area contributed by atoms with Gasteiger partial charge < -0.3 is 24.1 Å². The average molecular weight is 432 g/mol. The molecule has 0 unspecified atom stereocenters. The zero-order chi connectivity index (χ0) is 22.5. The predicted molar refractivity (Wildman–Crippen MR) is 123 cm³/mol. The van der Waals surface area contributed by atoms with Crippen molar-refractivity contribution in [1.29, 1.82) is 0 Å². The van der Waals surface area contributed by atoms with Crippen molar-refractivity contribution in [3.63, 3.8) is 0 Å². The molecule has 0 spiro atoms. The van der Waals surface area contributed by atoms with E-state index in [9.17, 15) is 10.2 Å². The number of methoxy groups -OCH3 is 2. The SMILES string of the molecule is COc1ccc(/C=N/c2cc(CO)c(CO)c(OC)c2)cc1O[Si](C)(C)C(C)(C)C. The largest absolute Gasteiger partial charge is 0.541 e. The molecule has 2 aromatic carbocycles. The number of benzene rings is 2. The van der Waals surface area contributed by atoms with E-state index >= 15 is 0 Å². The third-order valence-electron chi connectivity index (χ3n) is 5.56. The Morgan fingerprint density at radius 3 is 2.13 bits per heavy atom. The topological polar surface area (TPSA) is 80.5 Å². The number of hydrogen-bond donors (Lipinski definition) is 2. The van der Waals surface area contributed by atoms with Crippen LogP contribution in [-0.2, 0) is 13.2 Å². The molecule has 2 rings (SSSR count). The van der Waals surface area contributed by atoms with Gasteiger partial charge in [-0.3, -0.25) is 4.99 Å². The lowest BCUT2D eigenvalue weighted by molar-refractivity contribution is 0.254. The van der Waals surface area contributed by atoms with Gasteiger partial charge in [0.05, 0.1) is 33.1 Å². The van der Waals surface area contributed by atoms with Crippen LogP contribution in [0.3, 0.4) is 0 Å². The van der Waals surface area contributed by atoms with Crippen molar-refractivity contribution >= 4 is 20.2 Å². The highest BCUT2D eigenvalue weighted by molar-refractivity contribution is 6.74. The van der Waals surface area contributed by atoms with E-state index in [0.29, 0.717) is 34.1 Å². The van der Waals surface area contributed by atoms with Crippen molar-refractivity contribution in [1.82, 2.24) is 0 Å². The van der Waals surface area contributed by atoms with Crippen LogP contribution in [-0.4, -0.2) is 39.0 Å². The van der Waals surface area contributed by atoms with Crippen molar-refractivity contribution in [3.8, 4) is 17.2 Å². The van der Waals surface area contributed by atoms with Gasteiger partial charge in [-0.25, -0.2) is 0 Å². The first-order valence-electron chi connectivity index (χ1n) is 9.89. The van der Waals surface area contributed by atoms with Gasteiger partial charge in [-0.15, -0.1) is 0 Å². The molecule has 0 aliphatic carbocycles. The molecule has 0 atom stereocenters. The van der Waals surface area contributed by atoms with Crippen molar-refractivity contribution in [2.45, 2.75) is 52.1 Å². The Labute approximate surface area is 180 Å². The molecule has 0 aliphatic heterocycles. The fraction of sp³-hybridized carbons (Fsp3) is 0.435. The molecule has 6 nitrogen and oxygen atoms in total. The lowest BCUT2D eigenvalue weighted by Gasteiger charge is -2.36. The maximum atomic E-state index is 9.60. The molecule has 0 radical (unpaired) electrons. The lowest BCUT2D eigenvalue weighted by atomic mass is 10.1. The van der Waals surface area contributed by atoms with Crippen LogP contribution in [0, 0.1) is 0 Å². The minimum Gasteiger partial charge on any atom is -0.541 e. The zero-order valence-electron chi connectivity index (χ0n) is 18.9. The number of aliphatic hydroxyl groups excluding tert-OH is 2. The molecule has 30 heavy (non-hydrogen) atoms. The Bertz CT molecular complexity index is 878. The Kier molecular flexibility index (Phi) is 7.68. The van der Waals surface area contributed by atoms with E-state index in [0.717, 1.165) is 5.56 Å². The first kappa shape index (κ1) is 23.9. The van der Waals surface area contributed by atoms with E-state index in [1.807, 2.05) is 18.2 Å². The molecule has 0 saturated carbocycles. The highest BCUT2D eigenvalue weighted by Gasteiger charge is 2.39. The van der Waals surface area contributed by atoms with Crippen LogP contribution in [0.4, 0.5) is 5.69 Å². The molecular weight excluding hydrogens is 398 g/mol. The molecule has 0 fully saturated rings. The molecule has 164 valence electrons. The molecule has 2 aromatic rings. The summed E-state index contributed by atoms with van der Waals surface area (Å²) in [6, 6.07) is 9.18. The van der Waals surface area contributed by atoms with Gasteiger partial charge in [-0.05, 0) is 53.5 Å². The summed E-state index contributed by atoms with van der Waals surface area (Å²) < 4.78 is 17.3. The van der Waals surface area contributed by atoms with Gasteiger partial charge >= 0.3 is 0 Å². The van der Waals surface area contributed by atoms with Crippen LogP contribution in [0.2, 0.25) is 18.1 Å². The second kappa shape index (κ2) is 9.64. The van der Waals surface area contributed by atoms with Gasteiger partial charge in [-0.2, -0.15) is 0 Å². The summed E-state index contributed by atoms with van der Waals surface area (Å²) in [5.41, 5.74) is 2.63. The smallest absolute Gasteiger partial charge is 0.250 e. The van der Waals surface area contributed by atoms with E-state index in [1.54, 1.807) is 25.5 Å². The summed E-state index contributed by atoms with van der Waals surface area (Å²) in [7, 11) is 1.13. The number of aliphatic imine (C=N–C) groups is 1. The summed E-state index contributed by atoms with van der Waals surface area (Å²) in [5, 5.41) is 19.2. The molecule has 2 N–H and O–H groups in total. The average Bonchev–Trinajstić information content (AvgIpc) is 2.70. The summed E-state index contributed by atoms with van der Waals surface area (Å²) in [6.45, 7) is 10.5. The highest BCUT2D eigenvalue weighted by Crippen LogP contribution is 2.40. The summed E-state index contributed by atoms with van der Waals surface area (Å²) in [6.07, 6.45) is 1.73. The van der Waals surface area contributed by atoms with E-state index in [2.05, 4.69) is 38.9 Å². The molecule has 0 heterocycles. The van der Waals surface area contributed by atoms with Crippen LogP contribution in [0.25, 0.3) is 0 Å². The quantitative estimate of drug-likeness (QED) is 0.462.